The van der Waals surface area contributed by atoms with Crippen molar-refractivity contribution in [1.29, 1.82) is 0 Å². The molecule has 1 aliphatic heterocycles. The van der Waals surface area contributed by atoms with Crippen LogP contribution in [0.3, 0.4) is 0 Å². The maximum absolute atomic E-state index is 12.6. The van der Waals surface area contributed by atoms with Gasteiger partial charge in [0.25, 0.3) is 0 Å². The smallest absolute Gasteiger partial charge is 0.479 e. The first kappa shape index (κ1) is 27.8. The number of esters is 2. The first-order valence-electron chi connectivity index (χ1n) is 13.1. The fourth-order valence-corrected chi connectivity index (χ4v) is 6.40. The van der Waals surface area contributed by atoms with Crippen LogP contribution in [-0.4, -0.2) is 63.9 Å². The van der Waals surface area contributed by atoms with Crippen LogP contribution in [0.25, 0.3) is 0 Å². The Morgan fingerprint density at radius 3 is 2.53 bits per heavy atom. The molecule has 2 fully saturated rings. The molecular weight excluding hydrogens is 498 g/mol. The number of benzene rings is 1. The van der Waals surface area contributed by atoms with Gasteiger partial charge in [-0.05, 0) is 61.4 Å². The maximum atomic E-state index is 12.6. The minimum atomic E-state index is -2.91. The largest absolute Gasteiger partial charge is 0.513 e. The van der Waals surface area contributed by atoms with Gasteiger partial charge in [0, 0.05) is 17.4 Å². The molecule has 1 heterocycles. The Bertz CT molecular complexity index is 1100. The van der Waals surface area contributed by atoms with Crippen LogP contribution < -0.4 is 10.1 Å². The van der Waals surface area contributed by atoms with E-state index in [4.69, 9.17) is 14.6 Å². The van der Waals surface area contributed by atoms with Crippen LogP contribution in [0, 0.1) is 11.8 Å². The monoisotopic (exact) mass is 533 g/mol. The van der Waals surface area contributed by atoms with Gasteiger partial charge >= 0.3 is 24.1 Å². The first-order chi connectivity index (χ1) is 17.9. The molecule has 0 aromatic heterocycles. The summed E-state index contributed by atoms with van der Waals surface area (Å²) in [6, 6.07) is 6.43. The average Bonchev–Trinajstić information content (AvgIpc) is 2.83. The molecule has 2 aliphatic carbocycles. The van der Waals surface area contributed by atoms with Crippen molar-refractivity contribution in [2.45, 2.75) is 88.6 Å². The number of nitrogens with one attached hydrogen (secondary N) is 1. The van der Waals surface area contributed by atoms with Crippen molar-refractivity contribution in [3.05, 3.63) is 29.3 Å². The van der Waals surface area contributed by atoms with E-state index in [9.17, 15) is 29.4 Å². The molecule has 11 heteroatoms. The standard InChI is InChI=1S/C27H35NO10/c1-15(2)23(37-21(29)13-27(35,24(31)32)14-22(30)38-25(33)34)36-17-7-6-16-11-20-18-5-3-4-8-26(18,9-10-28-20)19(16)12-17/h6-7,12,15,18,20,23,28,35H,3-5,8-11,13-14H2,1-2H3,(H,31,32)(H,33,34)/t18-,20+,23?,26+,27?/m0/s1. The Morgan fingerprint density at radius 1 is 1.11 bits per heavy atom. The highest BCUT2D eigenvalue weighted by Crippen LogP contribution is 2.54. The molecule has 1 saturated carbocycles. The third kappa shape index (κ3) is 5.63. The molecule has 1 saturated heterocycles. The number of carbonyl (C=O) groups is 4. The van der Waals surface area contributed by atoms with E-state index < -0.39 is 48.8 Å². The quantitative estimate of drug-likeness (QED) is 0.209. The van der Waals surface area contributed by atoms with Gasteiger partial charge in [-0.3, -0.25) is 9.59 Å². The van der Waals surface area contributed by atoms with Gasteiger partial charge < -0.3 is 34.8 Å². The van der Waals surface area contributed by atoms with E-state index in [0.717, 1.165) is 25.8 Å². The highest BCUT2D eigenvalue weighted by molar-refractivity contribution is 5.91. The fraction of sp³-hybridized carbons (Fsp3) is 0.630. The lowest BCUT2D eigenvalue weighted by Gasteiger charge is -2.56. The van der Waals surface area contributed by atoms with Gasteiger partial charge in [-0.1, -0.05) is 32.8 Å². The Labute approximate surface area is 220 Å². The summed E-state index contributed by atoms with van der Waals surface area (Å²) < 4.78 is 15.3. The number of hydrogen-bond donors (Lipinski definition) is 4. The molecule has 2 bridgehead atoms. The topological polar surface area (TPSA) is 169 Å². The van der Waals surface area contributed by atoms with Crippen LogP contribution >= 0.6 is 0 Å². The number of ether oxygens (including phenoxy) is 3. The molecule has 208 valence electrons. The Hall–Kier alpha value is -3.18. The molecule has 1 aromatic carbocycles. The lowest BCUT2D eigenvalue weighted by Crippen LogP contribution is -2.59. The SMILES string of the molecule is CC(C)C(OC(=O)CC(O)(CC(=O)OC(=O)O)C(=O)O)Oc1ccc2c(c1)[C@@]13CCCC[C@H]1[C@@H](C2)NCC3. The van der Waals surface area contributed by atoms with E-state index >= 15 is 0 Å². The summed E-state index contributed by atoms with van der Waals surface area (Å²) in [6.07, 6.45) is 1.37. The van der Waals surface area contributed by atoms with Crippen LogP contribution in [0.15, 0.2) is 18.2 Å². The Kier molecular flexibility index (Phi) is 7.98. The summed E-state index contributed by atoms with van der Waals surface area (Å²) in [4.78, 5) is 46.3. The number of fused-ring (bicyclic) bond motifs is 1. The zero-order chi connectivity index (χ0) is 27.7. The van der Waals surface area contributed by atoms with E-state index in [0.29, 0.717) is 17.7 Å². The zero-order valence-electron chi connectivity index (χ0n) is 21.6. The highest BCUT2D eigenvalue weighted by atomic mass is 16.7. The van der Waals surface area contributed by atoms with Gasteiger partial charge in [0.1, 0.15) is 5.75 Å². The van der Waals surface area contributed by atoms with E-state index in [1.807, 2.05) is 12.1 Å². The lowest BCUT2D eigenvalue weighted by molar-refractivity contribution is -0.183. The normalized spacial score (nSPS) is 26.2. The summed E-state index contributed by atoms with van der Waals surface area (Å²) in [5.74, 6) is -3.75. The van der Waals surface area contributed by atoms with Gasteiger partial charge in [-0.25, -0.2) is 9.59 Å². The van der Waals surface area contributed by atoms with E-state index in [1.165, 1.54) is 30.4 Å². The number of aliphatic carboxylic acids is 1. The van der Waals surface area contributed by atoms with Crippen molar-refractivity contribution < 1.29 is 48.7 Å². The number of hydrogen-bond acceptors (Lipinski definition) is 9. The maximum Gasteiger partial charge on any atom is 0.513 e. The molecule has 2 unspecified atom stereocenters. The van der Waals surface area contributed by atoms with Gasteiger partial charge in [-0.2, -0.15) is 0 Å². The average molecular weight is 534 g/mol. The fourth-order valence-electron chi connectivity index (χ4n) is 6.40. The van der Waals surface area contributed by atoms with Crippen molar-refractivity contribution >= 4 is 24.1 Å². The number of carbonyl (C=O) groups excluding carboxylic acids is 2. The summed E-state index contributed by atoms with van der Waals surface area (Å²) in [5.41, 5.74) is -0.209. The number of piperidine rings is 1. The molecule has 5 atom stereocenters. The summed E-state index contributed by atoms with van der Waals surface area (Å²) in [5, 5.41) is 32.0. The van der Waals surface area contributed by atoms with Gasteiger partial charge in [0.05, 0.1) is 12.8 Å². The van der Waals surface area contributed by atoms with Crippen molar-refractivity contribution in [3.8, 4) is 5.75 Å². The molecule has 0 amide bonds. The van der Waals surface area contributed by atoms with Gasteiger partial charge in [0.15, 0.2) is 5.60 Å². The molecule has 4 rings (SSSR count). The minimum Gasteiger partial charge on any atom is -0.479 e. The second kappa shape index (κ2) is 10.9. The van der Waals surface area contributed by atoms with Crippen molar-refractivity contribution in [2.24, 2.45) is 11.8 Å². The molecule has 38 heavy (non-hydrogen) atoms. The van der Waals surface area contributed by atoms with Crippen molar-refractivity contribution in [3.63, 3.8) is 0 Å². The molecular formula is C27H35NO10. The van der Waals surface area contributed by atoms with E-state index in [-0.39, 0.29) is 11.3 Å². The van der Waals surface area contributed by atoms with Crippen molar-refractivity contribution in [1.82, 2.24) is 5.32 Å². The number of carboxylic acids is 1. The Balaban J connectivity index is 1.49. The number of rotatable bonds is 9. The minimum absolute atomic E-state index is 0.105. The highest BCUT2D eigenvalue weighted by Gasteiger charge is 2.51. The van der Waals surface area contributed by atoms with E-state index in [1.54, 1.807) is 13.8 Å². The van der Waals surface area contributed by atoms with Crippen molar-refractivity contribution in [2.75, 3.05) is 6.54 Å². The molecule has 4 N–H and O–H groups in total. The second-order valence-corrected chi connectivity index (χ2v) is 11.0. The molecule has 0 spiro atoms. The molecule has 0 radical (unpaired) electrons. The third-order valence-electron chi connectivity index (χ3n) is 8.14. The number of aliphatic hydroxyl groups is 1. The van der Waals surface area contributed by atoms with Crippen LogP contribution in [0.1, 0.15) is 69.9 Å². The van der Waals surface area contributed by atoms with E-state index in [2.05, 4.69) is 16.1 Å². The summed E-state index contributed by atoms with van der Waals surface area (Å²) >= 11 is 0. The van der Waals surface area contributed by atoms with Gasteiger partial charge in [0.2, 0.25) is 6.29 Å². The zero-order valence-corrected chi connectivity index (χ0v) is 21.6. The van der Waals surface area contributed by atoms with Crippen LogP contribution in [0.5, 0.6) is 5.75 Å². The van der Waals surface area contributed by atoms with Crippen LogP contribution in [0.4, 0.5) is 4.79 Å². The lowest BCUT2D eigenvalue weighted by atomic mass is 9.53. The third-order valence-corrected chi connectivity index (χ3v) is 8.14. The summed E-state index contributed by atoms with van der Waals surface area (Å²) in [6.45, 7) is 4.50. The van der Waals surface area contributed by atoms with Crippen LogP contribution in [-0.2, 0) is 35.7 Å². The van der Waals surface area contributed by atoms with Gasteiger partial charge in [-0.15, -0.1) is 0 Å². The second-order valence-electron chi connectivity index (χ2n) is 11.0. The summed E-state index contributed by atoms with van der Waals surface area (Å²) in [7, 11) is 0. The Morgan fingerprint density at radius 2 is 1.84 bits per heavy atom. The molecule has 3 aliphatic rings. The predicted molar refractivity (Wildman–Crippen MR) is 131 cm³/mol. The van der Waals surface area contributed by atoms with Crippen LogP contribution in [0.2, 0.25) is 0 Å². The predicted octanol–water partition coefficient (Wildman–Crippen LogP) is 2.75. The molecule has 11 nitrogen and oxygen atoms in total. The number of carboxylic acid groups (broad SMARTS) is 2. The molecule has 1 aromatic rings. The first-order valence-corrected chi connectivity index (χ1v) is 13.1.